The van der Waals surface area contributed by atoms with E-state index in [1.165, 1.54) is 7.11 Å². The van der Waals surface area contributed by atoms with Crippen molar-refractivity contribution < 1.29 is 14.4 Å². The van der Waals surface area contributed by atoms with Crippen LogP contribution in [0.5, 0.6) is 0 Å². The maximum atomic E-state index is 11.8. The van der Waals surface area contributed by atoms with Crippen LogP contribution < -0.4 is 5.48 Å². The van der Waals surface area contributed by atoms with Crippen molar-refractivity contribution in [1.82, 2.24) is 5.48 Å². The minimum Gasteiger partial charge on any atom is -0.466 e. The van der Waals surface area contributed by atoms with E-state index in [9.17, 15) is 4.79 Å². The van der Waals surface area contributed by atoms with Crippen LogP contribution >= 0.6 is 0 Å². The molecule has 0 aliphatic rings. The van der Waals surface area contributed by atoms with E-state index in [1.54, 1.807) is 6.08 Å². The minimum absolute atomic E-state index is 0.272. The van der Waals surface area contributed by atoms with E-state index in [0.29, 0.717) is 12.2 Å². The van der Waals surface area contributed by atoms with E-state index in [0.717, 1.165) is 11.1 Å². The van der Waals surface area contributed by atoms with E-state index in [4.69, 9.17) is 9.57 Å². The number of hydroxylamine groups is 1. The van der Waals surface area contributed by atoms with Gasteiger partial charge in [0, 0.05) is 0 Å². The van der Waals surface area contributed by atoms with E-state index in [1.807, 2.05) is 60.7 Å². The molecule has 0 saturated heterocycles. The summed E-state index contributed by atoms with van der Waals surface area (Å²) in [6.45, 7) is 0.703. The zero-order chi connectivity index (χ0) is 15.6. The number of hydrogen-bond donors (Lipinski definition) is 1. The van der Waals surface area contributed by atoms with Crippen LogP contribution in [0.2, 0.25) is 0 Å². The summed E-state index contributed by atoms with van der Waals surface area (Å²) < 4.78 is 4.80. The van der Waals surface area contributed by atoms with Crippen molar-refractivity contribution in [2.75, 3.05) is 13.7 Å². The first-order chi connectivity index (χ1) is 10.8. The maximum Gasteiger partial charge on any atom is 0.335 e. The Labute approximate surface area is 130 Å². The molecule has 4 heteroatoms. The van der Waals surface area contributed by atoms with Crippen LogP contribution in [0.3, 0.4) is 0 Å². The smallest absolute Gasteiger partial charge is 0.335 e. The monoisotopic (exact) mass is 297 g/mol. The van der Waals surface area contributed by atoms with Crippen LogP contribution in [-0.4, -0.2) is 19.6 Å². The molecule has 4 nitrogen and oxygen atoms in total. The maximum absolute atomic E-state index is 11.8. The molecule has 0 aromatic heterocycles. The number of carbonyl (C=O) groups is 1. The van der Waals surface area contributed by atoms with Gasteiger partial charge in [0.2, 0.25) is 0 Å². The lowest BCUT2D eigenvalue weighted by molar-refractivity contribution is -0.136. The number of benzene rings is 2. The highest BCUT2D eigenvalue weighted by Crippen LogP contribution is 2.08. The third-order valence-electron chi connectivity index (χ3n) is 3.03. The molecule has 0 aliphatic heterocycles. The van der Waals surface area contributed by atoms with Gasteiger partial charge in [-0.25, -0.2) is 4.79 Å². The van der Waals surface area contributed by atoms with Gasteiger partial charge in [-0.15, -0.1) is 0 Å². The fourth-order valence-corrected chi connectivity index (χ4v) is 1.90. The third kappa shape index (κ3) is 5.16. The molecule has 0 saturated carbocycles. The molecule has 2 rings (SSSR count). The molecule has 0 bridgehead atoms. The fraction of sp³-hybridized carbons (Fsp3) is 0.167. The Hall–Kier alpha value is -2.43. The second kappa shape index (κ2) is 8.77. The van der Waals surface area contributed by atoms with Gasteiger partial charge in [0.1, 0.15) is 0 Å². The predicted molar refractivity (Wildman–Crippen MR) is 85.7 cm³/mol. The SMILES string of the molecule is COC(=O)/C(=C/c1ccccc1)CNOCc1ccccc1. The lowest BCUT2D eigenvalue weighted by Crippen LogP contribution is -2.22. The zero-order valence-corrected chi connectivity index (χ0v) is 12.5. The predicted octanol–water partition coefficient (Wildman–Crippen LogP) is 2.96. The number of carbonyl (C=O) groups excluding carboxylic acids is 1. The van der Waals surface area contributed by atoms with Crippen LogP contribution in [0, 0.1) is 0 Å². The summed E-state index contributed by atoms with van der Waals surface area (Å²) in [6.07, 6.45) is 1.78. The van der Waals surface area contributed by atoms with Crippen molar-refractivity contribution in [2.45, 2.75) is 6.61 Å². The van der Waals surface area contributed by atoms with Gasteiger partial charge in [-0.3, -0.25) is 4.84 Å². The number of esters is 1. The molecule has 0 spiro atoms. The highest BCUT2D eigenvalue weighted by Gasteiger charge is 2.09. The Kier molecular flexibility index (Phi) is 6.36. The highest BCUT2D eigenvalue weighted by atomic mass is 16.6. The van der Waals surface area contributed by atoms with Crippen LogP contribution in [0.25, 0.3) is 6.08 Å². The average molecular weight is 297 g/mol. The van der Waals surface area contributed by atoms with E-state index in [2.05, 4.69) is 5.48 Å². The minimum atomic E-state index is -0.375. The van der Waals surface area contributed by atoms with Gasteiger partial charge in [0.05, 0.1) is 25.8 Å². The Bertz CT molecular complexity index is 609. The largest absolute Gasteiger partial charge is 0.466 e. The van der Waals surface area contributed by atoms with Gasteiger partial charge >= 0.3 is 5.97 Å². The zero-order valence-electron chi connectivity index (χ0n) is 12.5. The number of ether oxygens (including phenoxy) is 1. The summed E-state index contributed by atoms with van der Waals surface area (Å²) in [5, 5.41) is 0. The second-order valence-electron chi connectivity index (χ2n) is 4.67. The van der Waals surface area contributed by atoms with Crippen LogP contribution in [0.15, 0.2) is 66.2 Å². The first-order valence-corrected chi connectivity index (χ1v) is 7.02. The highest BCUT2D eigenvalue weighted by molar-refractivity contribution is 5.94. The molecule has 0 aliphatic carbocycles. The van der Waals surface area contributed by atoms with Crippen molar-refractivity contribution in [3.8, 4) is 0 Å². The molecule has 0 fully saturated rings. The molecular weight excluding hydrogens is 278 g/mol. The number of hydrogen-bond acceptors (Lipinski definition) is 4. The van der Waals surface area contributed by atoms with Crippen LogP contribution in [0.4, 0.5) is 0 Å². The summed E-state index contributed by atoms with van der Waals surface area (Å²) in [5.41, 5.74) is 5.30. The van der Waals surface area contributed by atoms with Gasteiger partial charge in [-0.05, 0) is 17.2 Å². The molecule has 0 unspecified atom stereocenters. The van der Waals surface area contributed by atoms with Crippen molar-refractivity contribution in [3.05, 3.63) is 77.4 Å². The molecule has 1 N–H and O–H groups in total. The summed E-state index contributed by atoms with van der Waals surface area (Å²) in [5.74, 6) is -0.375. The van der Waals surface area contributed by atoms with Crippen molar-refractivity contribution >= 4 is 12.0 Å². The summed E-state index contributed by atoms with van der Waals surface area (Å²) in [7, 11) is 1.37. The Morgan fingerprint density at radius 1 is 1.05 bits per heavy atom. The quantitative estimate of drug-likeness (QED) is 0.369. The van der Waals surface area contributed by atoms with Crippen molar-refractivity contribution in [1.29, 1.82) is 0 Å². The summed E-state index contributed by atoms with van der Waals surface area (Å²) in [6, 6.07) is 19.4. The van der Waals surface area contributed by atoms with Gasteiger partial charge in [0.15, 0.2) is 0 Å². The lowest BCUT2D eigenvalue weighted by Gasteiger charge is -2.08. The van der Waals surface area contributed by atoms with Gasteiger partial charge in [-0.2, -0.15) is 5.48 Å². The van der Waals surface area contributed by atoms with E-state index >= 15 is 0 Å². The third-order valence-corrected chi connectivity index (χ3v) is 3.03. The number of methoxy groups -OCH3 is 1. The molecule has 2 aromatic rings. The molecule has 0 atom stereocenters. The fourth-order valence-electron chi connectivity index (χ4n) is 1.90. The molecule has 0 amide bonds. The van der Waals surface area contributed by atoms with Crippen LogP contribution in [-0.2, 0) is 21.0 Å². The summed E-state index contributed by atoms with van der Waals surface area (Å²) >= 11 is 0. The molecule has 0 radical (unpaired) electrons. The number of rotatable bonds is 7. The van der Waals surface area contributed by atoms with E-state index < -0.39 is 0 Å². The first kappa shape index (κ1) is 15.9. The van der Waals surface area contributed by atoms with Crippen molar-refractivity contribution in [2.24, 2.45) is 0 Å². The second-order valence-corrected chi connectivity index (χ2v) is 4.67. The van der Waals surface area contributed by atoms with Gasteiger partial charge in [-0.1, -0.05) is 60.7 Å². The Morgan fingerprint density at radius 3 is 2.32 bits per heavy atom. The molecule has 0 heterocycles. The topological polar surface area (TPSA) is 47.6 Å². The van der Waals surface area contributed by atoms with Gasteiger partial charge < -0.3 is 4.74 Å². The summed E-state index contributed by atoms with van der Waals surface area (Å²) in [4.78, 5) is 17.2. The first-order valence-electron chi connectivity index (χ1n) is 7.02. The Balaban J connectivity index is 1.90. The normalized spacial score (nSPS) is 11.2. The molecular formula is C18H19NO3. The Morgan fingerprint density at radius 2 is 1.68 bits per heavy atom. The molecule has 22 heavy (non-hydrogen) atoms. The van der Waals surface area contributed by atoms with Crippen LogP contribution in [0.1, 0.15) is 11.1 Å². The number of nitrogens with one attached hydrogen (secondary N) is 1. The molecule has 2 aromatic carbocycles. The van der Waals surface area contributed by atoms with E-state index in [-0.39, 0.29) is 12.5 Å². The standard InChI is InChI=1S/C18H19NO3/c1-21-18(20)17(12-15-8-4-2-5-9-15)13-19-22-14-16-10-6-3-7-11-16/h2-12,19H,13-14H2,1H3/b17-12+. The lowest BCUT2D eigenvalue weighted by atomic mass is 10.1. The van der Waals surface area contributed by atoms with Crippen molar-refractivity contribution in [3.63, 3.8) is 0 Å². The van der Waals surface area contributed by atoms with Gasteiger partial charge in [0.25, 0.3) is 0 Å². The average Bonchev–Trinajstić information content (AvgIpc) is 2.58. The molecule has 114 valence electrons.